The summed E-state index contributed by atoms with van der Waals surface area (Å²) in [6, 6.07) is 8.27. The van der Waals surface area contributed by atoms with Gasteiger partial charge >= 0.3 is 5.97 Å². The van der Waals surface area contributed by atoms with Crippen LogP contribution in [-0.2, 0) is 33.7 Å². The minimum absolute atomic E-state index is 0.180. The molecule has 1 aliphatic heterocycles. The van der Waals surface area contributed by atoms with Gasteiger partial charge in [0.2, 0.25) is 0 Å². The first kappa shape index (κ1) is 22.4. The lowest BCUT2D eigenvalue weighted by atomic mass is 9.85. The van der Waals surface area contributed by atoms with Crippen LogP contribution in [0.5, 0.6) is 0 Å². The van der Waals surface area contributed by atoms with Crippen molar-refractivity contribution in [2.75, 3.05) is 13.2 Å². The summed E-state index contributed by atoms with van der Waals surface area (Å²) >= 11 is 12.6. The second-order valence-corrected chi connectivity index (χ2v) is 9.27. The van der Waals surface area contributed by atoms with Gasteiger partial charge in [0.15, 0.2) is 6.29 Å². The van der Waals surface area contributed by atoms with E-state index in [4.69, 9.17) is 37.8 Å². The van der Waals surface area contributed by atoms with Crippen molar-refractivity contribution in [2.24, 2.45) is 5.92 Å². The molecule has 2 aliphatic rings. The zero-order valence-corrected chi connectivity index (χ0v) is 19.2. The van der Waals surface area contributed by atoms with E-state index in [2.05, 4.69) is 4.57 Å². The van der Waals surface area contributed by atoms with Crippen LogP contribution in [0, 0.1) is 11.7 Å². The van der Waals surface area contributed by atoms with Gasteiger partial charge in [-0.3, -0.25) is 0 Å². The van der Waals surface area contributed by atoms with E-state index in [9.17, 15) is 9.18 Å². The molecule has 1 atom stereocenters. The van der Waals surface area contributed by atoms with Crippen LogP contribution in [0.1, 0.15) is 28.8 Å². The average Bonchev–Trinajstić information content (AvgIpc) is 3.41. The van der Waals surface area contributed by atoms with E-state index in [-0.39, 0.29) is 12.2 Å². The fraction of sp³-hybridized carbons (Fsp3) is 0.320. The van der Waals surface area contributed by atoms with Crippen LogP contribution in [-0.4, -0.2) is 35.1 Å². The van der Waals surface area contributed by atoms with Gasteiger partial charge in [0.1, 0.15) is 5.82 Å². The highest BCUT2D eigenvalue weighted by Gasteiger charge is 2.34. The maximum absolute atomic E-state index is 14.7. The van der Waals surface area contributed by atoms with Gasteiger partial charge in [-0.2, -0.15) is 0 Å². The molecule has 1 N–H and O–H groups in total. The van der Waals surface area contributed by atoms with Gasteiger partial charge in [0.05, 0.1) is 18.7 Å². The van der Waals surface area contributed by atoms with E-state index in [1.165, 1.54) is 18.2 Å². The number of ether oxygens (including phenoxy) is 2. The highest BCUT2D eigenvalue weighted by molar-refractivity contribution is 6.35. The van der Waals surface area contributed by atoms with Crippen LogP contribution < -0.4 is 0 Å². The zero-order chi connectivity index (χ0) is 23.1. The first-order valence-corrected chi connectivity index (χ1v) is 11.6. The van der Waals surface area contributed by atoms with Crippen molar-refractivity contribution in [3.05, 3.63) is 74.7 Å². The quantitative estimate of drug-likeness (QED) is 0.466. The Morgan fingerprint density at radius 3 is 2.73 bits per heavy atom. The number of aliphatic carboxylic acids is 1. The van der Waals surface area contributed by atoms with Crippen LogP contribution >= 0.6 is 23.2 Å². The van der Waals surface area contributed by atoms with Crippen LogP contribution in [0.2, 0.25) is 10.0 Å². The molecule has 0 radical (unpaired) electrons. The number of carboxylic acids is 1. The average molecular weight is 490 g/mol. The van der Waals surface area contributed by atoms with Crippen molar-refractivity contribution < 1.29 is 23.8 Å². The number of fused-ring (bicyclic) bond motifs is 3. The van der Waals surface area contributed by atoms with E-state index in [1.54, 1.807) is 12.1 Å². The van der Waals surface area contributed by atoms with Crippen molar-refractivity contribution in [3.63, 3.8) is 0 Å². The summed E-state index contributed by atoms with van der Waals surface area (Å²) in [4.78, 5) is 11.2. The highest BCUT2D eigenvalue weighted by Crippen LogP contribution is 2.39. The number of carboxylic acid groups (broad SMARTS) is 1. The lowest BCUT2D eigenvalue weighted by molar-refractivity contribution is -0.131. The first-order valence-electron chi connectivity index (χ1n) is 10.8. The summed E-state index contributed by atoms with van der Waals surface area (Å²) in [5.41, 5.74) is 4.33. The number of rotatable bonds is 5. The number of aromatic nitrogens is 1. The zero-order valence-electron chi connectivity index (χ0n) is 17.7. The smallest absolute Gasteiger partial charge is 0.328 e. The Hall–Kier alpha value is -2.38. The van der Waals surface area contributed by atoms with Gasteiger partial charge in [0, 0.05) is 45.2 Å². The van der Waals surface area contributed by atoms with E-state index in [0.717, 1.165) is 46.6 Å². The fourth-order valence-corrected chi connectivity index (χ4v) is 5.44. The molecule has 1 aromatic heterocycles. The molecule has 1 fully saturated rings. The Morgan fingerprint density at radius 2 is 2.00 bits per heavy atom. The molecule has 8 heteroatoms. The monoisotopic (exact) mass is 489 g/mol. The molecule has 33 heavy (non-hydrogen) atoms. The highest BCUT2D eigenvalue weighted by atomic mass is 35.5. The molecular weight excluding hydrogens is 468 g/mol. The van der Waals surface area contributed by atoms with Gasteiger partial charge in [0.25, 0.3) is 0 Å². The Balaban J connectivity index is 1.68. The fourth-order valence-electron chi connectivity index (χ4n) is 4.97. The molecule has 0 spiro atoms. The number of hydrogen-bond acceptors (Lipinski definition) is 3. The predicted molar refractivity (Wildman–Crippen MR) is 125 cm³/mol. The van der Waals surface area contributed by atoms with Gasteiger partial charge in [-0.25, -0.2) is 9.18 Å². The molecule has 5 rings (SSSR count). The second kappa shape index (κ2) is 9.11. The molecule has 172 valence electrons. The summed E-state index contributed by atoms with van der Waals surface area (Å²) in [5, 5.41) is 11.0. The molecule has 0 bridgehead atoms. The largest absolute Gasteiger partial charge is 0.478 e. The van der Waals surface area contributed by atoms with Crippen LogP contribution in [0.25, 0.3) is 17.0 Å². The normalized spacial score (nSPS) is 18.9. The molecule has 5 nitrogen and oxygen atoms in total. The maximum Gasteiger partial charge on any atom is 0.328 e. The van der Waals surface area contributed by atoms with E-state index < -0.39 is 11.8 Å². The van der Waals surface area contributed by atoms with Crippen LogP contribution in [0.3, 0.4) is 0 Å². The minimum Gasteiger partial charge on any atom is -0.478 e. The Morgan fingerprint density at radius 1 is 1.21 bits per heavy atom. The Bertz CT molecular complexity index is 1260. The number of carbonyl (C=O) groups is 1. The van der Waals surface area contributed by atoms with Crippen LogP contribution in [0.4, 0.5) is 4.39 Å². The molecule has 2 heterocycles. The lowest BCUT2D eigenvalue weighted by Crippen LogP contribution is -2.28. The molecule has 3 aromatic rings. The molecule has 0 amide bonds. The standard InChI is InChI=1S/C25H22Cl2FNO4/c26-17-4-1-16(21(27)11-17)13-29-22-5-2-15(25-32-7-8-33-25)10-19(22)20-12-18(28)9-14(24(20)29)3-6-23(30)31/h1,3-4,6,9,11-12,15,25H,2,5,7-8,10,13H2,(H,30,31)/b6-3+. The molecule has 1 aliphatic carbocycles. The summed E-state index contributed by atoms with van der Waals surface area (Å²) in [6.45, 7) is 1.63. The van der Waals surface area contributed by atoms with Crippen molar-refractivity contribution in [1.29, 1.82) is 0 Å². The van der Waals surface area contributed by atoms with Crippen LogP contribution in [0.15, 0.2) is 36.4 Å². The lowest BCUT2D eigenvalue weighted by Gasteiger charge is -2.27. The topological polar surface area (TPSA) is 60.7 Å². The molecule has 1 saturated heterocycles. The van der Waals surface area contributed by atoms with Crippen molar-refractivity contribution >= 4 is 46.2 Å². The number of nitrogens with zero attached hydrogens (tertiary/aromatic N) is 1. The molecule has 1 unspecified atom stereocenters. The number of hydrogen-bond donors (Lipinski definition) is 1. The minimum atomic E-state index is -1.09. The maximum atomic E-state index is 14.7. The number of benzene rings is 2. The molecule has 0 saturated carbocycles. The van der Waals surface area contributed by atoms with E-state index in [1.807, 2.05) is 6.07 Å². The predicted octanol–water partition coefficient (Wildman–Crippen LogP) is 5.71. The first-order chi connectivity index (χ1) is 15.9. The summed E-state index contributed by atoms with van der Waals surface area (Å²) < 4.78 is 28.3. The molecule has 2 aromatic carbocycles. The van der Waals surface area contributed by atoms with Crippen molar-refractivity contribution in [1.82, 2.24) is 4.57 Å². The third-order valence-corrected chi connectivity index (χ3v) is 6.96. The van der Waals surface area contributed by atoms with E-state index in [0.29, 0.717) is 41.8 Å². The van der Waals surface area contributed by atoms with E-state index >= 15 is 0 Å². The Kier molecular flexibility index (Phi) is 6.18. The summed E-state index contributed by atoms with van der Waals surface area (Å²) in [7, 11) is 0. The SMILES string of the molecule is O=C(O)/C=C/c1cc(F)cc2c3c(n(Cc4ccc(Cl)cc4Cl)c12)CCC(C1OCCO1)C3. The third-order valence-electron chi connectivity index (χ3n) is 6.37. The third kappa shape index (κ3) is 4.41. The van der Waals surface area contributed by atoms with Gasteiger partial charge < -0.3 is 19.1 Å². The van der Waals surface area contributed by atoms with Gasteiger partial charge in [-0.05, 0) is 60.7 Å². The Labute approximate surface area is 200 Å². The van der Waals surface area contributed by atoms with Crippen molar-refractivity contribution in [2.45, 2.75) is 32.1 Å². The summed E-state index contributed by atoms with van der Waals surface area (Å²) in [6.07, 6.45) is 4.58. The molecular formula is C25H22Cl2FNO4. The second-order valence-electron chi connectivity index (χ2n) is 8.42. The van der Waals surface area contributed by atoms with Crippen molar-refractivity contribution in [3.8, 4) is 0 Å². The summed E-state index contributed by atoms with van der Waals surface area (Å²) in [5.74, 6) is -1.32. The van der Waals surface area contributed by atoms with Gasteiger partial charge in [-0.15, -0.1) is 0 Å². The van der Waals surface area contributed by atoms with Gasteiger partial charge in [-0.1, -0.05) is 29.3 Å². The number of halogens is 3.